The molecule has 0 radical (unpaired) electrons. The molecule has 1 aliphatic heterocycles. The summed E-state index contributed by atoms with van der Waals surface area (Å²) in [6.07, 6.45) is -7.71. The minimum atomic E-state index is -4.83. The molecule has 164 valence electrons. The normalized spacial score (nSPS) is 26.9. The number of ether oxygens (including phenoxy) is 2. The van der Waals surface area contributed by atoms with Gasteiger partial charge in [0.2, 0.25) is 0 Å². The van der Waals surface area contributed by atoms with Crippen molar-refractivity contribution in [3.8, 4) is 0 Å². The fourth-order valence-electron chi connectivity index (χ4n) is 4.05. The molecule has 0 spiro atoms. The molecular formula is C21H22F5NO3. The van der Waals surface area contributed by atoms with Crippen LogP contribution in [0.4, 0.5) is 22.0 Å². The molecule has 2 aromatic rings. The third-order valence-corrected chi connectivity index (χ3v) is 5.98. The topological polar surface area (TPSA) is 51.3 Å². The number of pyridine rings is 1. The van der Waals surface area contributed by atoms with Crippen molar-refractivity contribution in [2.75, 3.05) is 7.11 Å². The number of methoxy groups -OCH3 is 1. The summed E-state index contributed by atoms with van der Waals surface area (Å²) in [5.74, 6) is -3.43. The number of hydrogen-bond donors (Lipinski definition) is 1. The first-order chi connectivity index (χ1) is 13.8. The number of halogens is 5. The second kappa shape index (κ2) is 7.46. The van der Waals surface area contributed by atoms with Crippen molar-refractivity contribution < 1.29 is 31.4 Å². The fourth-order valence-corrected chi connectivity index (χ4v) is 4.05. The number of rotatable bonds is 3. The summed E-state index contributed by atoms with van der Waals surface area (Å²) in [5, 5.41) is 0. The number of aryl methyl sites for hydroxylation is 1. The van der Waals surface area contributed by atoms with Crippen LogP contribution in [-0.4, -0.2) is 30.0 Å². The van der Waals surface area contributed by atoms with Crippen molar-refractivity contribution in [1.82, 2.24) is 4.98 Å². The lowest BCUT2D eigenvalue weighted by Crippen LogP contribution is -2.51. The van der Waals surface area contributed by atoms with Gasteiger partial charge in [-0.2, -0.15) is 13.2 Å². The minimum Gasteiger partial charge on any atom is -0.377 e. The van der Waals surface area contributed by atoms with E-state index in [2.05, 4.69) is 4.98 Å². The second-order valence-corrected chi connectivity index (χ2v) is 7.74. The van der Waals surface area contributed by atoms with E-state index in [1.807, 2.05) is 0 Å². The highest BCUT2D eigenvalue weighted by molar-refractivity contribution is 5.37. The first kappa shape index (κ1) is 22.4. The van der Waals surface area contributed by atoms with Gasteiger partial charge < -0.3 is 14.5 Å². The van der Waals surface area contributed by atoms with Crippen molar-refractivity contribution in [3.63, 3.8) is 0 Å². The molecule has 0 aliphatic carbocycles. The molecule has 30 heavy (non-hydrogen) atoms. The van der Waals surface area contributed by atoms with E-state index in [-0.39, 0.29) is 22.2 Å². The predicted molar refractivity (Wildman–Crippen MR) is 99.5 cm³/mol. The number of nitrogens with one attached hydrogen (secondary N) is 1. The van der Waals surface area contributed by atoms with Crippen molar-refractivity contribution >= 4 is 0 Å². The lowest BCUT2D eigenvalue weighted by Gasteiger charge is -2.33. The molecule has 0 unspecified atom stereocenters. The molecular weight excluding hydrogens is 409 g/mol. The van der Waals surface area contributed by atoms with E-state index >= 15 is 0 Å². The number of alkyl halides is 3. The van der Waals surface area contributed by atoms with Gasteiger partial charge in [0.15, 0.2) is 22.7 Å². The van der Waals surface area contributed by atoms with E-state index in [9.17, 15) is 26.7 Å². The van der Waals surface area contributed by atoms with E-state index in [1.165, 1.54) is 19.1 Å². The standard InChI is InChI=1S/C21H22F5NO3/c1-9-11(3)27-14(8-15(9)28)18-16(12-6-7-13(22)17(23)10(12)2)19(29-5)20(4,30-18)21(24,25)26/h6-8,16,18-19H,1-5H3,(H,27,28)/t16-,18-,19-,20+/m0/s1. The van der Waals surface area contributed by atoms with Gasteiger partial charge in [0, 0.05) is 36.0 Å². The molecule has 0 amide bonds. The third-order valence-electron chi connectivity index (χ3n) is 5.98. The SMILES string of the molecule is CO[C@H]1[C@@H](c2ccc(F)c(F)c2C)[C@H](c2cc(=O)c(C)c(C)[nH]2)O[C@@]1(C)C(F)(F)F. The first-order valence-corrected chi connectivity index (χ1v) is 9.25. The number of benzene rings is 1. The Hall–Kier alpha value is -2.26. The van der Waals surface area contributed by atoms with Crippen LogP contribution in [0.25, 0.3) is 0 Å². The monoisotopic (exact) mass is 431 g/mol. The molecule has 4 nitrogen and oxygen atoms in total. The maximum absolute atomic E-state index is 14.3. The maximum Gasteiger partial charge on any atom is 0.419 e. The summed E-state index contributed by atoms with van der Waals surface area (Å²) in [7, 11) is 1.10. The van der Waals surface area contributed by atoms with Crippen molar-refractivity contribution in [2.24, 2.45) is 0 Å². The lowest BCUT2D eigenvalue weighted by molar-refractivity contribution is -0.286. The van der Waals surface area contributed by atoms with E-state index in [0.717, 1.165) is 20.1 Å². The highest BCUT2D eigenvalue weighted by Crippen LogP contribution is 2.56. The number of aromatic nitrogens is 1. The average molecular weight is 431 g/mol. The van der Waals surface area contributed by atoms with Gasteiger partial charge in [-0.05, 0) is 44.9 Å². The van der Waals surface area contributed by atoms with Gasteiger partial charge in [0.25, 0.3) is 0 Å². The van der Waals surface area contributed by atoms with Crippen LogP contribution < -0.4 is 5.43 Å². The largest absolute Gasteiger partial charge is 0.419 e. The molecule has 1 aliphatic rings. The highest BCUT2D eigenvalue weighted by atomic mass is 19.4. The van der Waals surface area contributed by atoms with E-state index in [1.54, 1.807) is 13.8 Å². The zero-order valence-electron chi connectivity index (χ0n) is 17.1. The van der Waals surface area contributed by atoms with Gasteiger partial charge >= 0.3 is 6.18 Å². The van der Waals surface area contributed by atoms with Crippen molar-refractivity contribution in [2.45, 2.75) is 57.6 Å². The predicted octanol–water partition coefficient (Wildman–Crippen LogP) is 4.77. The van der Waals surface area contributed by atoms with Crippen LogP contribution in [0.5, 0.6) is 0 Å². The summed E-state index contributed by atoms with van der Waals surface area (Å²) < 4.78 is 80.7. The van der Waals surface area contributed by atoms with E-state index in [0.29, 0.717) is 11.3 Å². The molecule has 9 heteroatoms. The molecule has 0 saturated carbocycles. The van der Waals surface area contributed by atoms with Crippen LogP contribution in [-0.2, 0) is 9.47 Å². The second-order valence-electron chi connectivity index (χ2n) is 7.74. The van der Waals surface area contributed by atoms with Gasteiger partial charge in [-0.25, -0.2) is 8.78 Å². The number of hydrogen-bond acceptors (Lipinski definition) is 3. The Balaban J connectivity index is 2.28. The highest BCUT2D eigenvalue weighted by Gasteiger charge is 2.67. The Kier molecular flexibility index (Phi) is 5.57. The molecule has 1 N–H and O–H groups in total. The summed E-state index contributed by atoms with van der Waals surface area (Å²) in [6, 6.07) is 3.25. The number of aromatic amines is 1. The van der Waals surface area contributed by atoms with Crippen LogP contribution in [0.1, 0.15) is 47.0 Å². The van der Waals surface area contributed by atoms with Crippen molar-refractivity contribution in [3.05, 3.63) is 68.1 Å². The van der Waals surface area contributed by atoms with Gasteiger partial charge in [0.05, 0.1) is 0 Å². The fraction of sp³-hybridized carbons (Fsp3) is 0.476. The van der Waals surface area contributed by atoms with Crippen LogP contribution in [0.2, 0.25) is 0 Å². The molecule has 4 atom stereocenters. The Morgan fingerprint density at radius 2 is 1.77 bits per heavy atom. The van der Waals surface area contributed by atoms with Gasteiger partial charge in [-0.15, -0.1) is 0 Å². The van der Waals surface area contributed by atoms with Crippen LogP contribution in [0.3, 0.4) is 0 Å². The molecule has 1 aromatic carbocycles. The molecule has 0 bridgehead atoms. The third kappa shape index (κ3) is 3.33. The zero-order valence-corrected chi connectivity index (χ0v) is 17.1. The Morgan fingerprint density at radius 1 is 1.13 bits per heavy atom. The minimum absolute atomic E-state index is 0.104. The van der Waals surface area contributed by atoms with Crippen molar-refractivity contribution in [1.29, 1.82) is 0 Å². The summed E-state index contributed by atoms with van der Waals surface area (Å²) in [6.45, 7) is 5.33. The van der Waals surface area contributed by atoms with Gasteiger partial charge in [0.1, 0.15) is 12.2 Å². The summed E-state index contributed by atoms with van der Waals surface area (Å²) >= 11 is 0. The first-order valence-electron chi connectivity index (χ1n) is 9.25. The zero-order chi connectivity index (χ0) is 22.6. The summed E-state index contributed by atoms with van der Waals surface area (Å²) in [5.41, 5.74) is -2.17. The molecule has 2 heterocycles. The summed E-state index contributed by atoms with van der Waals surface area (Å²) in [4.78, 5) is 15.2. The van der Waals surface area contributed by atoms with E-state index in [4.69, 9.17) is 9.47 Å². The smallest absolute Gasteiger partial charge is 0.377 e. The van der Waals surface area contributed by atoms with Crippen LogP contribution >= 0.6 is 0 Å². The van der Waals surface area contributed by atoms with Gasteiger partial charge in [-0.1, -0.05) is 6.07 Å². The Morgan fingerprint density at radius 3 is 2.30 bits per heavy atom. The molecule has 1 saturated heterocycles. The number of H-pyrrole nitrogens is 1. The maximum atomic E-state index is 14.3. The lowest BCUT2D eigenvalue weighted by atomic mass is 9.81. The quantitative estimate of drug-likeness (QED) is 0.713. The van der Waals surface area contributed by atoms with Crippen LogP contribution in [0, 0.1) is 32.4 Å². The van der Waals surface area contributed by atoms with E-state index < -0.39 is 41.5 Å². The Bertz CT molecular complexity index is 1030. The van der Waals surface area contributed by atoms with Crippen LogP contribution in [0.15, 0.2) is 23.0 Å². The molecule has 1 aromatic heterocycles. The molecule has 3 rings (SSSR count). The average Bonchev–Trinajstić information content (AvgIpc) is 2.97. The van der Waals surface area contributed by atoms with Gasteiger partial charge in [-0.3, -0.25) is 4.79 Å². The molecule has 1 fully saturated rings. The Labute approximate surface area is 170 Å².